The van der Waals surface area contributed by atoms with E-state index >= 15 is 0 Å². The smallest absolute Gasteiger partial charge is 0.251 e. The van der Waals surface area contributed by atoms with Crippen molar-refractivity contribution < 1.29 is 9.53 Å². The SMILES string of the molecule is CC(CNC(=O)c1cccc(OCc2ccccc2Cl)c1)CN(C)C. The Labute approximate surface area is 154 Å². The highest BCUT2D eigenvalue weighted by Crippen LogP contribution is 2.19. The van der Waals surface area contributed by atoms with Gasteiger partial charge in [0, 0.05) is 29.2 Å². The number of amides is 1. The van der Waals surface area contributed by atoms with E-state index in [0.717, 1.165) is 12.1 Å². The zero-order valence-electron chi connectivity index (χ0n) is 15.0. The number of nitrogens with one attached hydrogen (secondary N) is 1. The average Bonchev–Trinajstić information content (AvgIpc) is 2.58. The second-order valence-electron chi connectivity index (χ2n) is 6.49. The van der Waals surface area contributed by atoms with E-state index in [1.807, 2.05) is 50.5 Å². The summed E-state index contributed by atoms with van der Waals surface area (Å²) < 4.78 is 5.77. The molecule has 0 aromatic heterocycles. The topological polar surface area (TPSA) is 41.6 Å². The Kier molecular flexibility index (Phi) is 7.29. The molecule has 0 fully saturated rings. The molecule has 0 aliphatic carbocycles. The van der Waals surface area contributed by atoms with Gasteiger partial charge >= 0.3 is 0 Å². The molecular formula is C20H25ClN2O2. The van der Waals surface area contributed by atoms with Crippen LogP contribution in [0.3, 0.4) is 0 Å². The highest BCUT2D eigenvalue weighted by Gasteiger charge is 2.10. The second-order valence-corrected chi connectivity index (χ2v) is 6.89. The van der Waals surface area contributed by atoms with E-state index < -0.39 is 0 Å². The van der Waals surface area contributed by atoms with Crippen molar-refractivity contribution >= 4 is 17.5 Å². The summed E-state index contributed by atoms with van der Waals surface area (Å²) in [5.74, 6) is 0.946. The van der Waals surface area contributed by atoms with Crippen LogP contribution >= 0.6 is 11.6 Å². The van der Waals surface area contributed by atoms with Crippen molar-refractivity contribution in [2.75, 3.05) is 27.2 Å². The van der Waals surface area contributed by atoms with Crippen molar-refractivity contribution in [3.8, 4) is 5.75 Å². The fourth-order valence-electron chi connectivity index (χ4n) is 2.56. The highest BCUT2D eigenvalue weighted by molar-refractivity contribution is 6.31. The lowest BCUT2D eigenvalue weighted by molar-refractivity contribution is 0.0945. The number of hydrogen-bond donors (Lipinski definition) is 1. The third kappa shape index (κ3) is 6.40. The van der Waals surface area contributed by atoms with E-state index in [1.54, 1.807) is 12.1 Å². The molecule has 1 amide bonds. The minimum Gasteiger partial charge on any atom is -0.489 e. The molecule has 0 heterocycles. The first kappa shape index (κ1) is 19.3. The van der Waals surface area contributed by atoms with Crippen LogP contribution in [0.4, 0.5) is 0 Å². The number of ether oxygens (including phenoxy) is 1. The van der Waals surface area contributed by atoms with Gasteiger partial charge in [0.15, 0.2) is 0 Å². The lowest BCUT2D eigenvalue weighted by atomic mass is 10.1. The number of hydrogen-bond acceptors (Lipinski definition) is 3. The van der Waals surface area contributed by atoms with Crippen LogP contribution in [0.15, 0.2) is 48.5 Å². The fourth-order valence-corrected chi connectivity index (χ4v) is 2.75. The van der Waals surface area contributed by atoms with Gasteiger partial charge in [-0.1, -0.05) is 42.8 Å². The van der Waals surface area contributed by atoms with Crippen LogP contribution in [0.1, 0.15) is 22.8 Å². The molecule has 2 aromatic rings. The van der Waals surface area contributed by atoms with Gasteiger partial charge in [0.25, 0.3) is 5.91 Å². The van der Waals surface area contributed by atoms with Gasteiger partial charge in [0.2, 0.25) is 0 Å². The van der Waals surface area contributed by atoms with Gasteiger partial charge in [-0.05, 0) is 44.3 Å². The molecule has 134 valence electrons. The molecule has 1 N–H and O–H groups in total. The van der Waals surface area contributed by atoms with Crippen molar-refractivity contribution in [1.82, 2.24) is 10.2 Å². The summed E-state index contributed by atoms with van der Waals surface area (Å²) in [5.41, 5.74) is 1.50. The van der Waals surface area contributed by atoms with E-state index in [4.69, 9.17) is 16.3 Å². The maximum atomic E-state index is 12.3. The summed E-state index contributed by atoms with van der Waals surface area (Å²) >= 11 is 6.13. The minimum absolute atomic E-state index is 0.0891. The number of carbonyl (C=O) groups excluding carboxylic acids is 1. The van der Waals surface area contributed by atoms with Crippen LogP contribution in [-0.4, -0.2) is 38.0 Å². The molecule has 2 rings (SSSR count). The van der Waals surface area contributed by atoms with Crippen molar-refractivity contribution in [3.05, 3.63) is 64.7 Å². The van der Waals surface area contributed by atoms with Gasteiger partial charge in [-0.15, -0.1) is 0 Å². The number of carbonyl (C=O) groups is 1. The molecule has 0 aliphatic heterocycles. The van der Waals surface area contributed by atoms with Crippen molar-refractivity contribution in [1.29, 1.82) is 0 Å². The van der Waals surface area contributed by atoms with E-state index in [0.29, 0.717) is 35.4 Å². The Morgan fingerprint density at radius 3 is 2.68 bits per heavy atom. The molecular weight excluding hydrogens is 336 g/mol. The maximum absolute atomic E-state index is 12.3. The highest BCUT2D eigenvalue weighted by atomic mass is 35.5. The zero-order valence-corrected chi connectivity index (χ0v) is 15.7. The van der Waals surface area contributed by atoms with Gasteiger partial charge in [-0.25, -0.2) is 0 Å². The summed E-state index contributed by atoms with van der Waals surface area (Å²) in [5, 5.41) is 3.64. The van der Waals surface area contributed by atoms with Gasteiger partial charge < -0.3 is 15.0 Å². The fraction of sp³-hybridized carbons (Fsp3) is 0.350. The van der Waals surface area contributed by atoms with E-state index in [-0.39, 0.29) is 5.91 Å². The Morgan fingerprint density at radius 2 is 1.96 bits per heavy atom. The third-order valence-electron chi connectivity index (χ3n) is 3.74. The van der Waals surface area contributed by atoms with Crippen LogP contribution < -0.4 is 10.1 Å². The summed E-state index contributed by atoms with van der Waals surface area (Å²) in [7, 11) is 4.05. The van der Waals surface area contributed by atoms with Gasteiger partial charge in [0.05, 0.1) is 0 Å². The number of halogens is 1. The molecule has 0 aliphatic rings. The Morgan fingerprint density at radius 1 is 1.20 bits per heavy atom. The van der Waals surface area contributed by atoms with Crippen molar-refractivity contribution in [3.63, 3.8) is 0 Å². The molecule has 0 saturated heterocycles. The quantitative estimate of drug-likeness (QED) is 0.777. The molecule has 1 unspecified atom stereocenters. The second kappa shape index (κ2) is 9.44. The standard InChI is InChI=1S/C20H25ClN2O2/c1-15(13-23(2)3)12-22-20(24)16-8-6-9-18(11-16)25-14-17-7-4-5-10-19(17)21/h4-11,15H,12-14H2,1-3H3,(H,22,24). The van der Waals surface area contributed by atoms with Crippen LogP contribution in [0.5, 0.6) is 5.75 Å². The molecule has 0 spiro atoms. The van der Waals surface area contributed by atoms with E-state index in [2.05, 4.69) is 17.1 Å². The van der Waals surface area contributed by atoms with Crippen LogP contribution in [0, 0.1) is 5.92 Å². The number of rotatable bonds is 8. The predicted molar refractivity (Wildman–Crippen MR) is 102 cm³/mol. The van der Waals surface area contributed by atoms with Gasteiger partial charge in [-0.3, -0.25) is 4.79 Å². The summed E-state index contributed by atoms with van der Waals surface area (Å²) in [6.07, 6.45) is 0. The first-order chi connectivity index (χ1) is 12.0. The van der Waals surface area contributed by atoms with Crippen LogP contribution in [-0.2, 0) is 6.61 Å². The predicted octanol–water partition coefficient (Wildman–Crippen LogP) is 3.85. The van der Waals surface area contributed by atoms with Gasteiger partial charge in [-0.2, -0.15) is 0 Å². The number of benzene rings is 2. The number of nitrogens with zero attached hydrogens (tertiary/aromatic N) is 1. The Hall–Kier alpha value is -2.04. The third-order valence-corrected chi connectivity index (χ3v) is 4.11. The van der Waals surface area contributed by atoms with E-state index in [9.17, 15) is 4.79 Å². The summed E-state index contributed by atoms with van der Waals surface area (Å²) in [4.78, 5) is 14.4. The monoisotopic (exact) mass is 360 g/mol. The largest absolute Gasteiger partial charge is 0.489 e. The van der Waals surface area contributed by atoms with Crippen molar-refractivity contribution in [2.45, 2.75) is 13.5 Å². The minimum atomic E-state index is -0.0891. The average molecular weight is 361 g/mol. The van der Waals surface area contributed by atoms with Crippen LogP contribution in [0.2, 0.25) is 5.02 Å². The summed E-state index contributed by atoms with van der Waals surface area (Å²) in [6.45, 7) is 4.05. The zero-order chi connectivity index (χ0) is 18.2. The molecule has 0 bridgehead atoms. The molecule has 5 heteroatoms. The van der Waals surface area contributed by atoms with Crippen molar-refractivity contribution in [2.24, 2.45) is 5.92 Å². The molecule has 0 radical (unpaired) electrons. The first-order valence-electron chi connectivity index (χ1n) is 8.35. The normalized spacial score (nSPS) is 12.0. The molecule has 0 saturated carbocycles. The molecule has 25 heavy (non-hydrogen) atoms. The lowest BCUT2D eigenvalue weighted by Gasteiger charge is -2.17. The lowest BCUT2D eigenvalue weighted by Crippen LogP contribution is -2.32. The maximum Gasteiger partial charge on any atom is 0.251 e. The van der Waals surface area contributed by atoms with Crippen LogP contribution in [0.25, 0.3) is 0 Å². The molecule has 4 nitrogen and oxygen atoms in total. The first-order valence-corrected chi connectivity index (χ1v) is 8.72. The Balaban J connectivity index is 1.91. The molecule has 2 aromatic carbocycles. The summed E-state index contributed by atoms with van der Waals surface area (Å²) in [6, 6.07) is 14.8. The molecule has 1 atom stereocenters. The Bertz CT molecular complexity index is 704. The van der Waals surface area contributed by atoms with Gasteiger partial charge in [0.1, 0.15) is 12.4 Å². The van der Waals surface area contributed by atoms with E-state index in [1.165, 1.54) is 0 Å².